The number of methoxy groups -OCH3 is 1. The maximum absolute atomic E-state index is 9.44. The minimum Gasteiger partial charge on any atom is -0.497 e. The zero-order valence-electron chi connectivity index (χ0n) is 13.0. The van der Waals surface area contributed by atoms with Crippen LogP contribution >= 0.6 is 11.8 Å². The van der Waals surface area contributed by atoms with Crippen molar-refractivity contribution in [2.45, 2.75) is 31.6 Å². The van der Waals surface area contributed by atoms with Crippen molar-refractivity contribution in [3.05, 3.63) is 23.8 Å². The molecule has 0 spiro atoms. The topological polar surface area (TPSA) is 52.9 Å². The number of nitrogens with zero attached hydrogens (tertiary/aromatic N) is 1. The van der Waals surface area contributed by atoms with Crippen LogP contribution in [-0.4, -0.2) is 52.8 Å². The van der Waals surface area contributed by atoms with Crippen LogP contribution in [0.15, 0.2) is 18.2 Å². The molecule has 0 amide bonds. The van der Waals surface area contributed by atoms with Crippen molar-refractivity contribution >= 4 is 24.3 Å². The molecule has 1 aliphatic heterocycles. The number of hydrogen-bond donors (Lipinski definition) is 2. The average molecular weight is 309 g/mol. The lowest BCUT2D eigenvalue weighted by Crippen LogP contribution is -2.32. The molecule has 1 aromatic carbocycles. The van der Waals surface area contributed by atoms with E-state index >= 15 is 0 Å². The van der Waals surface area contributed by atoms with Crippen LogP contribution in [-0.2, 0) is 6.54 Å². The number of ether oxygens (including phenoxy) is 1. The molecule has 0 radical (unpaired) electrons. The molecular weight excluding hydrogens is 285 g/mol. The van der Waals surface area contributed by atoms with E-state index in [9.17, 15) is 10.0 Å². The van der Waals surface area contributed by atoms with Gasteiger partial charge in [-0.3, -0.25) is 4.90 Å². The van der Waals surface area contributed by atoms with Gasteiger partial charge in [0.2, 0.25) is 0 Å². The molecule has 116 valence electrons. The standard InChI is InChI=1S/C15H24BNO3S/c1-15(2)6-7-17(8-9-21-15)11-12-4-5-14(20-3)13(10-12)16(18)19/h4-5,10,18-19H,6-9,11H2,1-3H3. The van der Waals surface area contributed by atoms with Crippen molar-refractivity contribution in [1.29, 1.82) is 0 Å². The fraction of sp³-hybridized carbons (Fsp3) is 0.600. The number of benzene rings is 1. The minimum atomic E-state index is -1.50. The lowest BCUT2D eigenvalue weighted by atomic mass is 9.78. The third-order valence-corrected chi connectivity index (χ3v) is 5.28. The van der Waals surface area contributed by atoms with Crippen molar-refractivity contribution in [2.75, 3.05) is 26.0 Å². The predicted molar refractivity (Wildman–Crippen MR) is 89.3 cm³/mol. The molecule has 0 aromatic heterocycles. The summed E-state index contributed by atoms with van der Waals surface area (Å²) in [6.45, 7) is 7.57. The summed E-state index contributed by atoms with van der Waals surface area (Å²) in [6, 6.07) is 5.63. The van der Waals surface area contributed by atoms with Gasteiger partial charge in [-0.05, 0) is 24.6 Å². The highest BCUT2D eigenvalue weighted by Crippen LogP contribution is 2.31. The second-order valence-electron chi connectivity index (χ2n) is 6.08. The van der Waals surface area contributed by atoms with Crippen LogP contribution in [0.4, 0.5) is 0 Å². The molecule has 21 heavy (non-hydrogen) atoms. The maximum atomic E-state index is 9.44. The fourth-order valence-electron chi connectivity index (χ4n) is 2.56. The van der Waals surface area contributed by atoms with E-state index in [1.807, 2.05) is 23.9 Å². The van der Waals surface area contributed by atoms with Crippen LogP contribution < -0.4 is 10.2 Å². The molecule has 0 bridgehead atoms. The van der Waals surface area contributed by atoms with E-state index in [0.717, 1.165) is 31.0 Å². The van der Waals surface area contributed by atoms with E-state index < -0.39 is 7.12 Å². The summed E-state index contributed by atoms with van der Waals surface area (Å²) >= 11 is 2.03. The summed E-state index contributed by atoms with van der Waals surface area (Å²) < 4.78 is 5.51. The summed E-state index contributed by atoms with van der Waals surface area (Å²) in [5.41, 5.74) is 1.52. The van der Waals surface area contributed by atoms with Crippen molar-refractivity contribution in [3.63, 3.8) is 0 Å². The smallest absolute Gasteiger partial charge is 0.492 e. The molecule has 2 N–H and O–H groups in total. The zero-order chi connectivity index (χ0) is 15.5. The highest BCUT2D eigenvalue weighted by atomic mass is 32.2. The van der Waals surface area contributed by atoms with Crippen molar-refractivity contribution in [3.8, 4) is 5.75 Å². The predicted octanol–water partition coefficient (Wildman–Crippen LogP) is 1.09. The van der Waals surface area contributed by atoms with E-state index in [-0.39, 0.29) is 0 Å². The molecule has 1 heterocycles. The molecule has 0 saturated carbocycles. The molecule has 1 saturated heterocycles. The number of thioether (sulfide) groups is 1. The molecular formula is C15H24BNO3S. The Morgan fingerprint density at radius 2 is 2.10 bits per heavy atom. The molecule has 0 unspecified atom stereocenters. The van der Waals surface area contributed by atoms with Gasteiger partial charge in [0.05, 0.1) is 7.11 Å². The number of hydrogen-bond acceptors (Lipinski definition) is 5. The van der Waals surface area contributed by atoms with Crippen molar-refractivity contribution in [2.24, 2.45) is 0 Å². The Hall–Kier alpha value is -0.685. The lowest BCUT2D eigenvalue weighted by Gasteiger charge is -2.23. The van der Waals surface area contributed by atoms with E-state index in [0.29, 0.717) is 16.0 Å². The van der Waals surface area contributed by atoms with Crippen molar-refractivity contribution < 1.29 is 14.8 Å². The summed E-state index contributed by atoms with van der Waals surface area (Å²) in [5.74, 6) is 1.65. The average Bonchev–Trinajstić information content (AvgIpc) is 2.60. The first kappa shape index (κ1) is 16.7. The Morgan fingerprint density at radius 1 is 1.33 bits per heavy atom. The van der Waals surface area contributed by atoms with Crippen LogP contribution in [0.3, 0.4) is 0 Å². The van der Waals surface area contributed by atoms with E-state index in [1.54, 1.807) is 6.07 Å². The van der Waals surface area contributed by atoms with Gasteiger partial charge in [-0.2, -0.15) is 11.8 Å². The monoisotopic (exact) mass is 309 g/mol. The molecule has 4 nitrogen and oxygen atoms in total. The van der Waals surface area contributed by atoms with Crippen LogP contribution in [0.2, 0.25) is 0 Å². The quantitative estimate of drug-likeness (QED) is 0.816. The van der Waals surface area contributed by atoms with Gasteiger partial charge >= 0.3 is 7.12 Å². The first-order valence-electron chi connectivity index (χ1n) is 7.30. The Kier molecular flexibility index (Phi) is 5.60. The molecule has 6 heteroatoms. The fourth-order valence-corrected chi connectivity index (χ4v) is 3.70. The third kappa shape index (κ3) is 4.64. The minimum absolute atomic E-state index is 0.348. The van der Waals surface area contributed by atoms with Crippen molar-refractivity contribution in [1.82, 2.24) is 4.90 Å². The second-order valence-corrected chi connectivity index (χ2v) is 7.89. The maximum Gasteiger partial charge on any atom is 0.492 e. The normalized spacial score (nSPS) is 19.1. The van der Waals surface area contributed by atoms with Crippen LogP contribution in [0, 0.1) is 0 Å². The van der Waals surface area contributed by atoms with Gasteiger partial charge in [0.1, 0.15) is 5.75 Å². The summed E-state index contributed by atoms with van der Waals surface area (Å²) in [4.78, 5) is 2.43. The second kappa shape index (κ2) is 7.05. The van der Waals surface area contributed by atoms with Gasteiger partial charge in [0.25, 0.3) is 0 Å². The van der Waals surface area contributed by atoms with Gasteiger partial charge in [0, 0.05) is 29.1 Å². The highest BCUT2D eigenvalue weighted by Gasteiger charge is 2.24. The van der Waals surface area contributed by atoms with E-state index in [2.05, 4.69) is 18.7 Å². The van der Waals surface area contributed by atoms with Gasteiger partial charge in [-0.15, -0.1) is 0 Å². The molecule has 2 rings (SSSR count). The SMILES string of the molecule is COc1ccc(CN2CCSC(C)(C)CC2)cc1B(O)O. The summed E-state index contributed by atoms with van der Waals surface area (Å²) in [6.07, 6.45) is 1.17. The zero-order valence-corrected chi connectivity index (χ0v) is 13.8. The Balaban J connectivity index is 2.07. The number of rotatable bonds is 4. The molecule has 1 aliphatic rings. The van der Waals surface area contributed by atoms with Gasteiger partial charge in [0.15, 0.2) is 0 Å². The first-order valence-corrected chi connectivity index (χ1v) is 8.29. The summed E-state index contributed by atoms with van der Waals surface area (Å²) in [7, 11) is 0.0353. The largest absolute Gasteiger partial charge is 0.497 e. The molecule has 1 fully saturated rings. The van der Waals surface area contributed by atoms with E-state index in [4.69, 9.17) is 4.74 Å². The van der Waals surface area contributed by atoms with Gasteiger partial charge in [-0.1, -0.05) is 26.0 Å². The van der Waals surface area contributed by atoms with Gasteiger partial charge in [-0.25, -0.2) is 0 Å². The molecule has 1 aromatic rings. The highest BCUT2D eigenvalue weighted by molar-refractivity contribution is 8.00. The van der Waals surface area contributed by atoms with Crippen LogP contribution in [0.25, 0.3) is 0 Å². The van der Waals surface area contributed by atoms with Crippen LogP contribution in [0.5, 0.6) is 5.75 Å². The Bertz CT molecular complexity index is 482. The molecule has 0 atom stereocenters. The summed E-state index contributed by atoms with van der Waals surface area (Å²) in [5, 5.41) is 18.9. The Morgan fingerprint density at radius 3 is 2.76 bits per heavy atom. The van der Waals surface area contributed by atoms with Gasteiger partial charge < -0.3 is 14.8 Å². The van der Waals surface area contributed by atoms with E-state index in [1.165, 1.54) is 13.5 Å². The third-order valence-electron chi connectivity index (χ3n) is 3.91. The lowest BCUT2D eigenvalue weighted by molar-refractivity contribution is 0.276. The first-order chi connectivity index (χ1) is 9.91. The molecule has 0 aliphatic carbocycles. The van der Waals surface area contributed by atoms with Crippen LogP contribution in [0.1, 0.15) is 25.8 Å². The Labute approximate surface area is 131 Å².